The van der Waals surface area contributed by atoms with Crippen molar-refractivity contribution < 1.29 is 53.1 Å². The number of ether oxygens (including phenoxy) is 4. The van der Waals surface area contributed by atoms with Crippen molar-refractivity contribution in [3.05, 3.63) is 86.8 Å². The molecular formula is C37H33NO12. The molecule has 6 unspecified atom stereocenters. The van der Waals surface area contributed by atoms with Crippen LogP contribution in [0.2, 0.25) is 0 Å². The first-order valence-electron chi connectivity index (χ1n) is 16.1. The predicted octanol–water partition coefficient (Wildman–Crippen LogP) is 2.82. The highest BCUT2D eigenvalue weighted by molar-refractivity contribution is 6.23. The van der Waals surface area contributed by atoms with E-state index in [1.54, 1.807) is 38.1 Å². The van der Waals surface area contributed by atoms with E-state index in [-0.39, 0.29) is 68.9 Å². The maximum absolute atomic E-state index is 14.3. The zero-order valence-electron chi connectivity index (χ0n) is 27.6. The molecular weight excluding hydrogens is 650 g/mol. The number of aliphatic hydroxyl groups is 3. The Kier molecular flexibility index (Phi) is 6.88. The first kappa shape index (κ1) is 32.1. The summed E-state index contributed by atoms with van der Waals surface area (Å²) in [5, 5.41) is 31.5. The van der Waals surface area contributed by atoms with Gasteiger partial charge in [0, 0.05) is 29.4 Å². The highest BCUT2D eigenvalue weighted by atomic mass is 16.7. The molecule has 13 heteroatoms. The van der Waals surface area contributed by atoms with E-state index in [0.29, 0.717) is 16.3 Å². The van der Waals surface area contributed by atoms with Crippen molar-refractivity contribution >= 4 is 45.0 Å². The van der Waals surface area contributed by atoms with E-state index in [2.05, 4.69) is 6.58 Å². The van der Waals surface area contributed by atoms with Crippen LogP contribution in [-0.4, -0.2) is 87.5 Å². The van der Waals surface area contributed by atoms with Crippen LogP contribution in [0.25, 0.3) is 27.3 Å². The Morgan fingerprint density at radius 3 is 2.50 bits per heavy atom. The summed E-state index contributed by atoms with van der Waals surface area (Å²) in [6.07, 6.45) is -3.57. The number of hydrogen-bond donors (Lipinski definition) is 3. The van der Waals surface area contributed by atoms with Gasteiger partial charge in [-0.3, -0.25) is 19.3 Å². The average Bonchev–Trinajstić information content (AvgIpc) is 3.28. The van der Waals surface area contributed by atoms with Crippen LogP contribution < -0.4 is 14.9 Å². The molecule has 0 saturated carbocycles. The fourth-order valence-electron chi connectivity index (χ4n) is 7.90. The molecule has 0 bridgehead atoms. The second-order valence-electron chi connectivity index (χ2n) is 13.6. The number of hydrogen-bond acceptors (Lipinski definition) is 12. The maximum Gasteiger partial charge on any atom is 0.336 e. The zero-order valence-corrected chi connectivity index (χ0v) is 27.6. The second kappa shape index (κ2) is 10.7. The molecule has 4 aromatic rings. The molecule has 50 heavy (non-hydrogen) atoms. The number of nitrogens with zero attached hydrogens (tertiary/aromatic N) is 1. The van der Waals surface area contributed by atoms with Crippen LogP contribution in [0.1, 0.15) is 70.4 Å². The monoisotopic (exact) mass is 683 g/mol. The third kappa shape index (κ3) is 4.21. The number of amides is 1. The minimum absolute atomic E-state index is 0.00508. The topological polar surface area (TPSA) is 182 Å². The van der Waals surface area contributed by atoms with Gasteiger partial charge in [0.1, 0.15) is 23.2 Å². The summed E-state index contributed by atoms with van der Waals surface area (Å²) >= 11 is 0. The molecule has 8 rings (SSSR count). The number of benzene rings is 3. The summed E-state index contributed by atoms with van der Waals surface area (Å²) in [5.74, 6) is -1.73. The maximum atomic E-state index is 14.3. The summed E-state index contributed by atoms with van der Waals surface area (Å²) in [6.45, 7) is 8.24. The Bertz CT molecular complexity index is 2280. The van der Waals surface area contributed by atoms with E-state index in [0.717, 1.165) is 0 Å². The number of methoxy groups -OCH3 is 1. The van der Waals surface area contributed by atoms with Crippen LogP contribution in [0.4, 0.5) is 0 Å². The number of carbonyl (C=O) groups is 3. The molecule has 0 spiro atoms. The lowest BCUT2D eigenvalue weighted by atomic mass is 9.79. The van der Waals surface area contributed by atoms with Crippen molar-refractivity contribution in [3.8, 4) is 11.5 Å². The normalized spacial score (nSPS) is 28.7. The van der Waals surface area contributed by atoms with Crippen molar-refractivity contribution in [1.29, 1.82) is 0 Å². The molecule has 3 N–H and O–H groups in total. The van der Waals surface area contributed by atoms with Gasteiger partial charge < -0.3 is 38.7 Å². The van der Waals surface area contributed by atoms with Gasteiger partial charge in [0.25, 0.3) is 5.91 Å². The lowest BCUT2D eigenvalue weighted by Crippen LogP contribution is -2.60. The van der Waals surface area contributed by atoms with Gasteiger partial charge in [-0.2, -0.15) is 0 Å². The number of carbonyl (C=O) groups excluding carboxylic acids is 3. The number of esters is 1. The summed E-state index contributed by atoms with van der Waals surface area (Å²) in [7, 11) is 1.38. The molecule has 6 atom stereocenters. The van der Waals surface area contributed by atoms with Crippen molar-refractivity contribution in [1.82, 2.24) is 4.90 Å². The largest absolute Gasteiger partial charge is 0.495 e. The van der Waals surface area contributed by atoms with Gasteiger partial charge in [0.2, 0.25) is 17.5 Å². The summed E-state index contributed by atoms with van der Waals surface area (Å²) in [4.78, 5) is 56.7. The standard InChI is InChI=1S/C37H33NO12/c1-15-25-20(8-6-17-10-18-13-37(4)38(36(3,14-39)35(45)50-37)34(44)28(18)32(46-5)27(17)25)31(43)33-26(15)30(42)21-11-19(7-9-23(21)49-33)48-24-12-22(40)29(41)16(2)47-24/h6-11,16,22,24,29,39-41H,1,12-14H2,2-5H3. The van der Waals surface area contributed by atoms with Gasteiger partial charge in [-0.1, -0.05) is 12.6 Å². The van der Waals surface area contributed by atoms with Crippen LogP contribution in [0.5, 0.6) is 11.5 Å². The second-order valence-corrected chi connectivity index (χ2v) is 13.6. The van der Waals surface area contributed by atoms with Crippen molar-refractivity contribution in [3.63, 3.8) is 0 Å². The molecule has 3 aromatic carbocycles. The number of rotatable bonds is 4. The number of ketones is 1. The van der Waals surface area contributed by atoms with Crippen LogP contribution in [0, 0.1) is 0 Å². The molecule has 1 aliphatic carbocycles. The molecule has 4 aliphatic rings. The van der Waals surface area contributed by atoms with Crippen molar-refractivity contribution in [2.75, 3.05) is 13.7 Å². The van der Waals surface area contributed by atoms with Gasteiger partial charge >= 0.3 is 5.97 Å². The molecule has 0 radical (unpaired) electrons. The molecule has 3 aliphatic heterocycles. The molecule has 4 heterocycles. The lowest BCUT2D eigenvalue weighted by molar-refractivity contribution is -0.216. The summed E-state index contributed by atoms with van der Waals surface area (Å²) in [5.41, 5.74) is -2.13. The Balaban J connectivity index is 1.27. The minimum Gasteiger partial charge on any atom is -0.495 e. The molecule has 13 nitrogen and oxygen atoms in total. The van der Waals surface area contributed by atoms with E-state index in [4.69, 9.17) is 23.4 Å². The van der Waals surface area contributed by atoms with Gasteiger partial charge in [0.05, 0.1) is 42.4 Å². The SMILES string of the molecule is C=C1c2c(oc3ccc(OC4CC(O)C(O)C(C)O4)cc3c2=O)C(=O)c2ccc3cc4c(c(OC)c3c21)C(=O)N1C(C)(C4)OC(=O)C1(C)CO. The van der Waals surface area contributed by atoms with E-state index in [1.165, 1.54) is 31.1 Å². The average molecular weight is 684 g/mol. The van der Waals surface area contributed by atoms with Crippen molar-refractivity contribution in [2.45, 2.75) is 69.5 Å². The highest BCUT2D eigenvalue weighted by Gasteiger charge is 2.63. The first-order chi connectivity index (χ1) is 23.7. The van der Waals surface area contributed by atoms with Crippen LogP contribution >= 0.6 is 0 Å². The minimum atomic E-state index is -1.64. The fraction of sp³-hybridized carbons (Fsp3) is 0.351. The quantitative estimate of drug-likeness (QED) is 0.236. The molecule has 258 valence electrons. The van der Waals surface area contributed by atoms with Crippen LogP contribution in [-0.2, 0) is 20.7 Å². The molecule has 2 fully saturated rings. The number of fused-ring (bicyclic) bond motifs is 7. The van der Waals surface area contributed by atoms with Gasteiger partial charge in [-0.25, -0.2) is 4.79 Å². The highest BCUT2D eigenvalue weighted by Crippen LogP contribution is 2.50. The van der Waals surface area contributed by atoms with E-state index < -0.39 is 65.6 Å². The van der Waals surface area contributed by atoms with E-state index >= 15 is 0 Å². The smallest absolute Gasteiger partial charge is 0.336 e. The Labute approximate surface area is 284 Å². The summed E-state index contributed by atoms with van der Waals surface area (Å²) in [6, 6.07) is 9.57. The molecule has 1 amide bonds. The zero-order chi connectivity index (χ0) is 35.6. The third-order valence-electron chi connectivity index (χ3n) is 10.4. The Morgan fingerprint density at radius 1 is 1.04 bits per heavy atom. The fourth-order valence-corrected chi connectivity index (χ4v) is 7.90. The third-order valence-corrected chi connectivity index (χ3v) is 10.4. The molecule has 1 aromatic heterocycles. The van der Waals surface area contributed by atoms with Crippen LogP contribution in [0.15, 0.2) is 52.2 Å². The Hall–Kier alpha value is -5.08. The van der Waals surface area contributed by atoms with Crippen LogP contribution in [0.3, 0.4) is 0 Å². The lowest BCUT2D eigenvalue weighted by Gasteiger charge is -2.42. The first-order valence-corrected chi connectivity index (χ1v) is 16.1. The predicted molar refractivity (Wildman–Crippen MR) is 176 cm³/mol. The van der Waals surface area contributed by atoms with Crippen molar-refractivity contribution in [2.24, 2.45) is 0 Å². The Morgan fingerprint density at radius 2 is 1.80 bits per heavy atom. The van der Waals surface area contributed by atoms with E-state index in [9.17, 15) is 34.5 Å². The van der Waals surface area contributed by atoms with Gasteiger partial charge in [-0.15, -0.1) is 0 Å². The van der Waals surface area contributed by atoms with Gasteiger partial charge in [0.15, 0.2) is 17.0 Å². The van der Waals surface area contributed by atoms with Gasteiger partial charge in [-0.05, 0) is 67.6 Å². The summed E-state index contributed by atoms with van der Waals surface area (Å²) < 4.78 is 29.2. The number of aliphatic hydroxyl groups excluding tert-OH is 3. The molecule has 2 saturated heterocycles. The van der Waals surface area contributed by atoms with E-state index in [1.807, 2.05) is 0 Å².